The van der Waals surface area contributed by atoms with Crippen molar-refractivity contribution in [3.8, 4) is 5.75 Å². The molecule has 5 nitrogen and oxygen atoms in total. The number of halogens is 1. The number of rotatable bonds is 5. The fraction of sp³-hybridized carbons (Fsp3) is 0.0435. The summed E-state index contributed by atoms with van der Waals surface area (Å²) in [6, 6.07) is 18.9. The highest BCUT2D eigenvalue weighted by Crippen LogP contribution is 2.26. The van der Waals surface area contributed by atoms with Crippen LogP contribution in [0.2, 0.25) is 0 Å². The van der Waals surface area contributed by atoms with Crippen LogP contribution in [0.3, 0.4) is 0 Å². The molecule has 30 heavy (non-hydrogen) atoms. The molecular weight excluding hydrogens is 405 g/mol. The first-order chi connectivity index (χ1) is 14.5. The van der Waals surface area contributed by atoms with Gasteiger partial charge in [-0.25, -0.2) is 9.18 Å². The third-order valence-electron chi connectivity index (χ3n) is 4.38. The van der Waals surface area contributed by atoms with Crippen molar-refractivity contribution < 1.29 is 18.7 Å². The summed E-state index contributed by atoms with van der Waals surface area (Å²) in [5, 5.41) is 13.0. The van der Waals surface area contributed by atoms with E-state index in [2.05, 4.69) is 5.32 Å². The molecule has 0 radical (unpaired) electrons. The third kappa shape index (κ3) is 4.52. The van der Waals surface area contributed by atoms with Crippen LogP contribution >= 0.6 is 11.8 Å². The van der Waals surface area contributed by atoms with Crippen LogP contribution in [0.4, 0.5) is 10.1 Å². The third-order valence-corrected chi connectivity index (χ3v) is 5.43. The number of fused-ring (bicyclic) bond motifs is 1. The Balaban J connectivity index is 1.47. The van der Waals surface area contributed by atoms with Gasteiger partial charge in [0.1, 0.15) is 17.1 Å². The highest BCUT2D eigenvalue weighted by molar-refractivity contribution is 7.98. The first kappa shape index (κ1) is 19.7. The van der Waals surface area contributed by atoms with E-state index < -0.39 is 11.4 Å². The Hall–Kier alpha value is -3.58. The number of benzene rings is 3. The van der Waals surface area contributed by atoms with E-state index in [1.165, 1.54) is 48.2 Å². The first-order valence-electron chi connectivity index (χ1n) is 9.03. The number of hydrogen-bond acceptors (Lipinski definition) is 5. The van der Waals surface area contributed by atoms with Gasteiger partial charge in [0.05, 0.1) is 0 Å². The zero-order valence-electron chi connectivity index (χ0n) is 15.6. The average molecular weight is 421 g/mol. The van der Waals surface area contributed by atoms with Gasteiger partial charge >= 0.3 is 5.63 Å². The maximum Gasteiger partial charge on any atom is 0.340 e. The lowest BCUT2D eigenvalue weighted by Gasteiger charge is -2.08. The minimum absolute atomic E-state index is 0.0345. The molecule has 4 aromatic rings. The first-order valence-corrected chi connectivity index (χ1v) is 10.0. The molecule has 0 aliphatic rings. The number of thioether (sulfide) groups is 1. The fourth-order valence-electron chi connectivity index (χ4n) is 2.87. The number of anilines is 1. The summed E-state index contributed by atoms with van der Waals surface area (Å²) in [5.74, 6) is -0.322. The monoisotopic (exact) mass is 421 g/mol. The van der Waals surface area contributed by atoms with Crippen LogP contribution in [0.5, 0.6) is 5.75 Å². The molecule has 0 saturated carbocycles. The molecule has 0 aliphatic heterocycles. The van der Waals surface area contributed by atoms with Crippen molar-refractivity contribution in [3.05, 3.63) is 100 Å². The molecule has 0 unspecified atom stereocenters. The number of carbonyl (C=O) groups is 1. The SMILES string of the molecule is O=C(Nc1cccc(SCc2cc3ccc(O)cc3oc2=O)c1)c1ccc(F)cc1. The molecule has 4 rings (SSSR count). The summed E-state index contributed by atoms with van der Waals surface area (Å²) in [4.78, 5) is 25.4. The molecule has 2 N–H and O–H groups in total. The van der Waals surface area contributed by atoms with E-state index in [1.807, 2.05) is 6.07 Å². The molecule has 0 spiro atoms. The van der Waals surface area contributed by atoms with Gasteiger partial charge in [0.15, 0.2) is 0 Å². The summed E-state index contributed by atoms with van der Waals surface area (Å²) in [5.41, 5.74) is 1.32. The van der Waals surface area contributed by atoms with Gasteiger partial charge in [0.2, 0.25) is 0 Å². The molecule has 150 valence electrons. The van der Waals surface area contributed by atoms with Gasteiger partial charge < -0.3 is 14.8 Å². The lowest BCUT2D eigenvalue weighted by atomic mass is 10.2. The van der Waals surface area contributed by atoms with E-state index >= 15 is 0 Å². The van der Waals surface area contributed by atoms with Gasteiger partial charge in [0.25, 0.3) is 5.91 Å². The minimum Gasteiger partial charge on any atom is -0.508 e. The number of phenols is 1. The highest BCUT2D eigenvalue weighted by Gasteiger charge is 2.09. The predicted molar refractivity (Wildman–Crippen MR) is 115 cm³/mol. The predicted octanol–water partition coefficient (Wildman–Crippen LogP) is 5.18. The number of amides is 1. The highest BCUT2D eigenvalue weighted by atomic mass is 32.2. The molecule has 3 aromatic carbocycles. The zero-order valence-corrected chi connectivity index (χ0v) is 16.4. The van der Waals surface area contributed by atoms with Gasteiger partial charge in [0, 0.05) is 38.9 Å². The van der Waals surface area contributed by atoms with Gasteiger partial charge in [-0.05, 0) is 60.7 Å². The van der Waals surface area contributed by atoms with Crippen molar-refractivity contribution >= 4 is 34.3 Å². The van der Waals surface area contributed by atoms with E-state index in [0.29, 0.717) is 28.2 Å². The number of hydrogen-bond donors (Lipinski definition) is 2. The minimum atomic E-state index is -0.457. The summed E-state index contributed by atoms with van der Waals surface area (Å²) < 4.78 is 18.3. The van der Waals surface area contributed by atoms with Crippen LogP contribution in [0, 0.1) is 5.82 Å². The van der Waals surface area contributed by atoms with Crippen LogP contribution in [0.15, 0.2) is 86.9 Å². The van der Waals surface area contributed by atoms with E-state index in [0.717, 1.165) is 10.3 Å². The van der Waals surface area contributed by atoms with Crippen molar-refractivity contribution in [1.82, 2.24) is 0 Å². The van der Waals surface area contributed by atoms with E-state index in [9.17, 15) is 19.1 Å². The quantitative estimate of drug-likeness (QED) is 0.343. The Kier molecular flexibility index (Phi) is 5.54. The summed E-state index contributed by atoms with van der Waals surface area (Å²) in [6.07, 6.45) is 0. The van der Waals surface area contributed by atoms with E-state index in [-0.39, 0.29) is 11.7 Å². The van der Waals surface area contributed by atoms with Gasteiger partial charge in [-0.15, -0.1) is 11.8 Å². The van der Waals surface area contributed by atoms with Crippen molar-refractivity contribution in [2.45, 2.75) is 10.6 Å². The molecule has 0 atom stereocenters. The zero-order chi connectivity index (χ0) is 21.1. The molecular formula is C23H16FNO4S. The van der Waals surface area contributed by atoms with Crippen molar-refractivity contribution in [2.24, 2.45) is 0 Å². The second-order valence-electron chi connectivity index (χ2n) is 6.56. The summed E-state index contributed by atoms with van der Waals surface area (Å²) in [6.45, 7) is 0. The van der Waals surface area contributed by atoms with Gasteiger partial charge in [-0.3, -0.25) is 4.79 Å². The topological polar surface area (TPSA) is 79.5 Å². The lowest BCUT2D eigenvalue weighted by molar-refractivity contribution is 0.102. The van der Waals surface area contributed by atoms with Crippen molar-refractivity contribution in [2.75, 3.05) is 5.32 Å². The number of nitrogens with one attached hydrogen (secondary N) is 1. The Labute approximate surface area is 175 Å². The largest absolute Gasteiger partial charge is 0.508 e. The smallest absolute Gasteiger partial charge is 0.340 e. The number of carbonyl (C=O) groups excluding carboxylic acids is 1. The van der Waals surface area contributed by atoms with Crippen LogP contribution < -0.4 is 10.9 Å². The van der Waals surface area contributed by atoms with Crippen LogP contribution in [0.25, 0.3) is 11.0 Å². The number of aromatic hydroxyl groups is 1. The molecule has 1 aromatic heterocycles. The van der Waals surface area contributed by atoms with Gasteiger partial charge in [-0.2, -0.15) is 0 Å². The van der Waals surface area contributed by atoms with Gasteiger partial charge in [-0.1, -0.05) is 6.07 Å². The van der Waals surface area contributed by atoms with Crippen LogP contribution in [-0.4, -0.2) is 11.0 Å². The Morgan fingerprint density at radius 2 is 1.83 bits per heavy atom. The maximum atomic E-state index is 13.0. The molecule has 0 fully saturated rings. The van der Waals surface area contributed by atoms with Crippen molar-refractivity contribution in [1.29, 1.82) is 0 Å². The Morgan fingerprint density at radius 1 is 1.03 bits per heavy atom. The molecule has 0 bridgehead atoms. The van der Waals surface area contributed by atoms with Crippen LogP contribution in [-0.2, 0) is 5.75 Å². The normalized spacial score (nSPS) is 10.8. The Morgan fingerprint density at radius 3 is 2.63 bits per heavy atom. The second-order valence-corrected chi connectivity index (χ2v) is 7.61. The van der Waals surface area contributed by atoms with E-state index in [4.69, 9.17) is 4.42 Å². The Bertz CT molecular complexity index is 1280. The molecule has 0 saturated heterocycles. The lowest BCUT2D eigenvalue weighted by Crippen LogP contribution is -2.11. The fourth-order valence-corrected chi connectivity index (χ4v) is 3.78. The molecule has 1 amide bonds. The average Bonchev–Trinajstić information content (AvgIpc) is 2.73. The molecule has 0 aliphatic carbocycles. The summed E-state index contributed by atoms with van der Waals surface area (Å²) in [7, 11) is 0. The maximum absolute atomic E-state index is 13.0. The summed E-state index contributed by atoms with van der Waals surface area (Å²) >= 11 is 1.43. The van der Waals surface area contributed by atoms with E-state index in [1.54, 1.807) is 30.3 Å². The standard InChI is InChI=1S/C23H16FNO4S/c24-17-7-4-14(5-8-17)22(27)25-18-2-1-3-20(11-18)30-13-16-10-15-6-9-19(26)12-21(15)29-23(16)28/h1-12,26H,13H2,(H,25,27). The van der Waals surface area contributed by atoms with Crippen LogP contribution in [0.1, 0.15) is 15.9 Å². The molecule has 7 heteroatoms. The second kappa shape index (κ2) is 8.42. The number of phenolic OH excluding ortho intramolecular Hbond substituents is 1. The molecule has 1 heterocycles. The van der Waals surface area contributed by atoms with Crippen molar-refractivity contribution in [3.63, 3.8) is 0 Å².